The van der Waals surface area contributed by atoms with Crippen LogP contribution in [0.25, 0.3) is 5.57 Å². The summed E-state index contributed by atoms with van der Waals surface area (Å²) in [7, 11) is 0. The van der Waals surface area contributed by atoms with Gasteiger partial charge in [-0.2, -0.15) is 0 Å². The minimum absolute atomic E-state index is 0.915. The number of nitrogens with zero attached hydrogens (tertiary/aromatic N) is 1. The Labute approximate surface area is 71.8 Å². The van der Waals surface area contributed by atoms with E-state index in [1.807, 2.05) is 12.1 Å². The summed E-state index contributed by atoms with van der Waals surface area (Å²) in [6, 6.07) is 3.79. The number of hydrogen-bond acceptors (Lipinski definition) is 2. The molecule has 1 aromatic heterocycles. The Balaban J connectivity index is 3.03. The lowest BCUT2D eigenvalue weighted by Gasteiger charge is -1.98. The molecule has 0 spiro atoms. The molecule has 0 saturated heterocycles. The van der Waals surface area contributed by atoms with Gasteiger partial charge in [0, 0.05) is 24.2 Å². The maximum absolute atomic E-state index is 6.92. The largest absolute Gasteiger partial charge is 0.309 e. The second kappa shape index (κ2) is 4.23. The standard InChI is InChI=1S/C10H10N2/c1-2-9(5-6-11)10-4-3-7-12-8-10/h2-8,11H,1H2/b9-5+,11-6?. The Bertz CT molecular complexity index is 299. The lowest BCUT2D eigenvalue weighted by atomic mass is 10.1. The minimum Gasteiger partial charge on any atom is -0.309 e. The average molecular weight is 158 g/mol. The van der Waals surface area contributed by atoms with Crippen molar-refractivity contribution in [2.75, 3.05) is 0 Å². The molecule has 0 aliphatic heterocycles. The van der Waals surface area contributed by atoms with Crippen LogP contribution in [-0.4, -0.2) is 11.2 Å². The zero-order chi connectivity index (χ0) is 8.81. The summed E-state index contributed by atoms with van der Waals surface area (Å²) in [4.78, 5) is 3.97. The van der Waals surface area contributed by atoms with Crippen LogP contribution in [-0.2, 0) is 0 Å². The second-order valence-electron chi connectivity index (χ2n) is 2.23. The van der Waals surface area contributed by atoms with Crippen molar-refractivity contribution in [3.8, 4) is 0 Å². The Morgan fingerprint density at radius 3 is 2.92 bits per heavy atom. The van der Waals surface area contributed by atoms with Crippen LogP contribution in [0.1, 0.15) is 5.56 Å². The fourth-order valence-electron chi connectivity index (χ4n) is 0.905. The van der Waals surface area contributed by atoms with Crippen molar-refractivity contribution >= 4 is 11.8 Å². The van der Waals surface area contributed by atoms with Crippen LogP contribution in [0.15, 0.2) is 43.3 Å². The number of rotatable bonds is 3. The molecule has 2 nitrogen and oxygen atoms in total. The van der Waals surface area contributed by atoms with Crippen molar-refractivity contribution in [3.63, 3.8) is 0 Å². The van der Waals surface area contributed by atoms with Crippen molar-refractivity contribution in [2.24, 2.45) is 0 Å². The van der Waals surface area contributed by atoms with E-state index >= 15 is 0 Å². The van der Waals surface area contributed by atoms with Crippen LogP contribution < -0.4 is 0 Å². The molecule has 1 aromatic rings. The van der Waals surface area contributed by atoms with Gasteiger partial charge in [-0.3, -0.25) is 4.98 Å². The number of pyridine rings is 1. The molecule has 0 saturated carbocycles. The Hall–Kier alpha value is -1.70. The normalized spacial score (nSPS) is 10.8. The summed E-state index contributed by atoms with van der Waals surface area (Å²) in [6.45, 7) is 3.66. The Morgan fingerprint density at radius 2 is 2.42 bits per heavy atom. The second-order valence-corrected chi connectivity index (χ2v) is 2.23. The van der Waals surface area contributed by atoms with Gasteiger partial charge >= 0.3 is 0 Å². The lowest BCUT2D eigenvalue weighted by molar-refractivity contribution is 1.31. The predicted octanol–water partition coefficient (Wildman–Crippen LogP) is 2.30. The van der Waals surface area contributed by atoms with E-state index in [1.54, 1.807) is 24.5 Å². The smallest absolute Gasteiger partial charge is 0.0346 e. The molecule has 60 valence electrons. The van der Waals surface area contributed by atoms with Gasteiger partial charge < -0.3 is 5.41 Å². The van der Waals surface area contributed by atoms with Gasteiger partial charge in [0.2, 0.25) is 0 Å². The molecular formula is C10H10N2. The fraction of sp³-hybridized carbons (Fsp3) is 0. The molecule has 1 N–H and O–H groups in total. The van der Waals surface area contributed by atoms with E-state index in [4.69, 9.17) is 5.41 Å². The summed E-state index contributed by atoms with van der Waals surface area (Å²) < 4.78 is 0. The van der Waals surface area contributed by atoms with Gasteiger partial charge in [0.25, 0.3) is 0 Å². The third-order valence-corrected chi connectivity index (χ3v) is 1.48. The van der Waals surface area contributed by atoms with Crippen LogP contribution in [0.5, 0.6) is 0 Å². The number of hydrogen-bond donors (Lipinski definition) is 1. The zero-order valence-electron chi connectivity index (χ0n) is 6.70. The molecule has 2 heteroatoms. The molecular weight excluding hydrogens is 148 g/mol. The molecule has 0 aliphatic rings. The number of aromatic nitrogens is 1. The van der Waals surface area contributed by atoms with Crippen molar-refractivity contribution in [3.05, 3.63) is 48.8 Å². The molecule has 0 unspecified atom stereocenters. The van der Waals surface area contributed by atoms with Crippen molar-refractivity contribution in [1.82, 2.24) is 4.98 Å². The van der Waals surface area contributed by atoms with Gasteiger partial charge in [0.1, 0.15) is 0 Å². The lowest BCUT2D eigenvalue weighted by Crippen LogP contribution is -1.81. The van der Waals surface area contributed by atoms with Crippen LogP contribution in [0.3, 0.4) is 0 Å². The molecule has 1 heterocycles. The summed E-state index contributed by atoms with van der Waals surface area (Å²) in [6.07, 6.45) is 8.10. The van der Waals surface area contributed by atoms with E-state index < -0.39 is 0 Å². The van der Waals surface area contributed by atoms with E-state index in [2.05, 4.69) is 11.6 Å². The van der Waals surface area contributed by atoms with Crippen molar-refractivity contribution in [2.45, 2.75) is 0 Å². The van der Waals surface area contributed by atoms with Gasteiger partial charge in [0.15, 0.2) is 0 Å². The quantitative estimate of drug-likeness (QED) is 0.531. The van der Waals surface area contributed by atoms with Gasteiger partial charge in [0.05, 0.1) is 0 Å². The van der Waals surface area contributed by atoms with E-state index in [1.165, 1.54) is 6.21 Å². The topological polar surface area (TPSA) is 36.7 Å². The first-order valence-corrected chi connectivity index (χ1v) is 3.62. The molecule has 0 radical (unpaired) electrons. The number of allylic oxidation sites excluding steroid dienone is 3. The molecule has 12 heavy (non-hydrogen) atoms. The van der Waals surface area contributed by atoms with E-state index in [0.717, 1.165) is 11.1 Å². The van der Waals surface area contributed by atoms with Gasteiger partial charge in [-0.05, 0) is 17.7 Å². The highest BCUT2D eigenvalue weighted by Gasteiger charge is 1.93. The third-order valence-electron chi connectivity index (χ3n) is 1.48. The highest BCUT2D eigenvalue weighted by atomic mass is 14.6. The van der Waals surface area contributed by atoms with Gasteiger partial charge in [-0.25, -0.2) is 0 Å². The molecule has 0 aromatic carbocycles. The van der Waals surface area contributed by atoms with Gasteiger partial charge in [-0.1, -0.05) is 18.7 Å². The molecule has 0 atom stereocenters. The fourth-order valence-corrected chi connectivity index (χ4v) is 0.905. The maximum atomic E-state index is 6.92. The first-order chi connectivity index (χ1) is 5.88. The molecule has 0 fully saturated rings. The van der Waals surface area contributed by atoms with E-state index in [-0.39, 0.29) is 0 Å². The van der Waals surface area contributed by atoms with E-state index in [9.17, 15) is 0 Å². The highest BCUT2D eigenvalue weighted by Crippen LogP contribution is 2.12. The highest BCUT2D eigenvalue weighted by molar-refractivity contribution is 5.86. The summed E-state index contributed by atoms with van der Waals surface area (Å²) in [5.74, 6) is 0. The first-order valence-electron chi connectivity index (χ1n) is 3.62. The first kappa shape index (κ1) is 8.40. The van der Waals surface area contributed by atoms with Crippen LogP contribution in [0, 0.1) is 5.41 Å². The zero-order valence-corrected chi connectivity index (χ0v) is 6.70. The minimum atomic E-state index is 0.915. The van der Waals surface area contributed by atoms with Gasteiger partial charge in [-0.15, -0.1) is 0 Å². The summed E-state index contributed by atoms with van der Waals surface area (Å²) in [5.41, 5.74) is 1.90. The van der Waals surface area contributed by atoms with Crippen molar-refractivity contribution < 1.29 is 0 Å². The number of nitrogens with one attached hydrogen (secondary N) is 1. The SMILES string of the molecule is C=C/C(=C\C=N)c1cccnc1. The van der Waals surface area contributed by atoms with Crippen LogP contribution >= 0.6 is 0 Å². The monoisotopic (exact) mass is 158 g/mol. The Morgan fingerprint density at radius 1 is 1.58 bits per heavy atom. The molecule has 0 amide bonds. The summed E-state index contributed by atoms with van der Waals surface area (Å²) in [5, 5.41) is 6.92. The predicted molar refractivity (Wildman–Crippen MR) is 51.2 cm³/mol. The molecule has 0 aliphatic carbocycles. The average Bonchev–Trinajstić information content (AvgIpc) is 2.15. The maximum Gasteiger partial charge on any atom is 0.0346 e. The molecule has 1 rings (SSSR count). The third kappa shape index (κ3) is 1.89. The Kier molecular flexibility index (Phi) is 2.96. The summed E-state index contributed by atoms with van der Waals surface area (Å²) >= 11 is 0. The van der Waals surface area contributed by atoms with Crippen LogP contribution in [0.2, 0.25) is 0 Å². The molecule has 0 bridgehead atoms. The van der Waals surface area contributed by atoms with Crippen LogP contribution in [0.4, 0.5) is 0 Å². The van der Waals surface area contributed by atoms with E-state index in [0.29, 0.717) is 0 Å². The van der Waals surface area contributed by atoms with Crippen molar-refractivity contribution in [1.29, 1.82) is 5.41 Å².